The minimum atomic E-state index is -0.125. The SMILES string of the molecule is Cc1[nH]ncc1CCCNC(=O)c1ccccn1. The molecule has 5 heteroatoms. The minimum Gasteiger partial charge on any atom is -0.351 e. The van der Waals surface area contributed by atoms with E-state index in [0.717, 1.165) is 18.5 Å². The van der Waals surface area contributed by atoms with Crippen molar-refractivity contribution < 1.29 is 4.79 Å². The van der Waals surface area contributed by atoms with E-state index in [-0.39, 0.29) is 5.91 Å². The van der Waals surface area contributed by atoms with Gasteiger partial charge in [0.15, 0.2) is 0 Å². The number of nitrogens with zero attached hydrogens (tertiary/aromatic N) is 2. The molecule has 0 saturated heterocycles. The molecular weight excluding hydrogens is 228 g/mol. The van der Waals surface area contributed by atoms with Gasteiger partial charge in [-0.1, -0.05) is 6.07 Å². The summed E-state index contributed by atoms with van der Waals surface area (Å²) >= 11 is 0. The topological polar surface area (TPSA) is 70.7 Å². The second-order valence-electron chi connectivity index (χ2n) is 4.09. The van der Waals surface area contributed by atoms with Gasteiger partial charge in [0.25, 0.3) is 5.91 Å². The van der Waals surface area contributed by atoms with E-state index in [1.165, 1.54) is 5.56 Å². The maximum Gasteiger partial charge on any atom is 0.269 e. The zero-order chi connectivity index (χ0) is 12.8. The molecule has 0 spiro atoms. The summed E-state index contributed by atoms with van der Waals surface area (Å²) in [4.78, 5) is 15.7. The van der Waals surface area contributed by atoms with Crippen LogP contribution in [0.5, 0.6) is 0 Å². The molecule has 2 aromatic heterocycles. The van der Waals surface area contributed by atoms with Gasteiger partial charge in [0.05, 0.1) is 6.20 Å². The third-order valence-corrected chi connectivity index (χ3v) is 2.74. The number of H-pyrrole nitrogens is 1. The van der Waals surface area contributed by atoms with Crippen LogP contribution in [0, 0.1) is 6.92 Å². The molecule has 0 bridgehead atoms. The first-order chi connectivity index (χ1) is 8.77. The van der Waals surface area contributed by atoms with Crippen molar-refractivity contribution in [3.63, 3.8) is 0 Å². The van der Waals surface area contributed by atoms with E-state index in [0.29, 0.717) is 12.2 Å². The minimum absolute atomic E-state index is 0.125. The summed E-state index contributed by atoms with van der Waals surface area (Å²) in [6.45, 7) is 2.63. The van der Waals surface area contributed by atoms with Gasteiger partial charge in [0.2, 0.25) is 0 Å². The fraction of sp³-hybridized carbons (Fsp3) is 0.308. The molecule has 0 radical (unpaired) electrons. The Morgan fingerprint density at radius 1 is 1.44 bits per heavy atom. The van der Waals surface area contributed by atoms with E-state index >= 15 is 0 Å². The zero-order valence-corrected chi connectivity index (χ0v) is 10.3. The third-order valence-electron chi connectivity index (χ3n) is 2.74. The Hall–Kier alpha value is -2.17. The monoisotopic (exact) mass is 244 g/mol. The first kappa shape index (κ1) is 12.3. The van der Waals surface area contributed by atoms with Gasteiger partial charge in [0, 0.05) is 18.4 Å². The van der Waals surface area contributed by atoms with E-state index in [1.807, 2.05) is 13.1 Å². The van der Waals surface area contributed by atoms with Crippen molar-refractivity contribution >= 4 is 5.91 Å². The van der Waals surface area contributed by atoms with Crippen LogP contribution in [-0.2, 0) is 6.42 Å². The molecule has 0 aliphatic heterocycles. The maximum atomic E-state index is 11.7. The van der Waals surface area contributed by atoms with Gasteiger partial charge in [-0.2, -0.15) is 5.10 Å². The summed E-state index contributed by atoms with van der Waals surface area (Å²) in [6, 6.07) is 5.30. The average Bonchev–Trinajstić information content (AvgIpc) is 2.81. The highest BCUT2D eigenvalue weighted by atomic mass is 16.1. The predicted molar refractivity (Wildman–Crippen MR) is 68.2 cm³/mol. The fourth-order valence-corrected chi connectivity index (χ4v) is 1.70. The van der Waals surface area contributed by atoms with E-state index in [4.69, 9.17) is 0 Å². The molecule has 2 N–H and O–H groups in total. The van der Waals surface area contributed by atoms with Gasteiger partial charge >= 0.3 is 0 Å². The van der Waals surface area contributed by atoms with Gasteiger partial charge in [-0.25, -0.2) is 0 Å². The van der Waals surface area contributed by atoms with Crippen LogP contribution in [0.4, 0.5) is 0 Å². The van der Waals surface area contributed by atoms with Gasteiger partial charge < -0.3 is 5.32 Å². The highest BCUT2D eigenvalue weighted by molar-refractivity contribution is 5.92. The number of amides is 1. The molecule has 18 heavy (non-hydrogen) atoms. The number of hydrogen-bond donors (Lipinski definition) is 2. The second kappa shape index (κ2) is 5.95. The van der Waals surface area contributed by atoms with E-state index in [1.54, 1.807) is 24.4 Å². The molecule has 94 valence electrons. The Balaban J connectivity index is 1.73. The normalized spacial score (nSPS) is 10.3. The van der Waals surface area contributed by atoms with E-state index in [2.05, 4.69) is 20.5 Å². The number of nitrogens with one attached hydrogen (secondary N) is 2. The molecule has 5 nitrogen and oxygen atoms in total. The lowest BCUT2D eigenvalue weighted by Crippen LogP contribution is -2.25. The fourth-order valence-electron chi connectivity index (χ4n) is 1.70. The zero-order valence-electron chi connectivity index (χ0n) is 10.3. The van der Waals surface area contributed by atoms with Gasteiger partial charge in [-0.15, -0.1) is 0 Å². The standard InChI is InChI=1S/C13H16N4O/c1-10-11(9-16-17-10)5-4-8-15-13(18)12-6-2-3-7-14-12/h2-3,6-7,9H,4-5,8H2,1H3,(H,15,18)(H,16,17). The average molecular weight is 244 g/mol. The maximum absolute atomic E-state index is 11.7. The number of rotatable bonds is 5. The number of hydrogen-bond acceptors (Lipinski definition) is 3. The summed E-state index contributed by atoms with van der Waals surface area (Å²) < 4.78 is 0. The summed E-state index contributed by atoms with van der Waals surface area (Å²) in [6.07, 6.45) is 5.24. The Bertz CT molecular complexity index is 507. The number of carbonyl (C=O) groups excluding carboxylic acids is 1. The quantitative estimate of drug-likeness (QED) is 0.782. The lowest BCUT2D eigenvalue weighted by Gasteiger charge is -2.04. The highest BCUT2D eigenvalue weighted by Crippen LogP contribution is 2.05. The molecule has 0 aromatic carbocycles. The number of carbonyl (C=O) groups is 1. The largest absolute Gasteiger partial charge is 0.351 e. The second-order valence-corrected chi connectivity index (χ2v) is 4.09. The molecule has 0 unspecified atom stereocenters. The summed E-state index contributed by atoms with van der Waals surface area (Å²) in [7, 11) is 0. The van der Waals surface area contributed by atoms with Crippen molar-refractivity contribution in [1.29, 1.82) is 0 Å². The van der Waals surface area contributed by atoms with Crippen molar-refractivity contribution in [3.05, 3.63) is 47.5 Å². The third kappa shape index (κ3) is 3.16. The first-order valence-electron chi connectivity index (χ1n) is 5.95. The van der Waals surface area contributed by atoms with Crippen LogP contribution in [0.1, 0.15) is 28.2 Å². The molecule has 2 heterocycles. The summed E-state index contributed by atoms with van der Waals surface area (Å²) in [5.74, 6) is -0.125. The van der Waals surface area contributed by atoms with Crippen molar-refractivity contribution in [3.8, 4) is 0 Å². The first-order valence-corrected chi connectivity index (χ1v) is 5.95. The van der Waals surface area contributed by atoms with Gasteiger partial charge in [-0.05, 0) is 37.5 Å². The molecule has 0 saturated carbocycles. The van der Waals surface area contributed by atoms with Gasteiger partial charge in [-0.3, -0.25) is 14.9 Å². The van der Waals surface area contributed by atoms with Crippen molar-refractivity contribution in [2.24, 2.45) is 0 Å². The van der Waals surface area contributed by atoms with Crippen LogP contribution in [0.2, 0.25) is 0 Å². The lowest BCUT2D eigenvalue weighted by atomic mass is 10.1. The van der Waals surface area contributed by atoms with Crippen LogP contribution >= 0.6 is 0 Å². The molecule has 2 rings (SSSR count). The number of aromatic amines is 1. The Kier molecular flexibility index (Phi) is 4.06. The van der Waals surface area contributed by atoms with E-state index in [9.17, 15) is 4.79 Å². The number of aromatic nitrogens is 3. The molecule has 0 aliphatic carbocycles. The van der Waals surface area contributed by atoms with Crippen LogP contribution in [0.15, 0.2) is 30.6 Å². The van der Waals surface area contributed by atoms with Crippen LogP contribution in [-0.4, -0.2) is 27.6 Å². The van der Waals surface area contributed by atoms with Crippen LogP contribution in [0.25, 0.3) is 0 Å². The summed E-state index contributed by atoms with van der Waals surface area (Å²) in [5, 5.41) is 9.71. The molecule has 1 amide bonds. The smallest absolute Gasteiger partial charge is 0.269 e. The van der Waals surface area contributed by atoms with Gasteiger partial charge in [0.1, 0.15) is 5.69 Å². The molecule has 2 aromatic rings. The number of pyridine rings is 1. The van der Waals surface area contributed by atoms with Crippen molar-refractivity contribution in [1.82, 2.24) is 20.5 Å². The Morgan fingerprint density at radius 2 is 2.33 bits per heavy atom. The van der Waals surface area contributed by atoms with Crippen LogP contribution in [0.3, 0.4) is 0 Å². The van der Waals surface area contributed by atoms with Crippen LogP contribution < -0.4 is 5.32 Å². The van der Waals surface area contributed by atoms with Crippen molar-refractivity contribution in [2.45, 2.75) is 19.8 Å². The Morgan fingerprint density at radius 3 is 3.00 bits per heavy atom. The molecular formula is C13H16N4O. The lowest BCUT2D eigenvalue weighted by molar-refractivity contribution is 0.0948. The number of aryl methyl sites for hydroxylation is 2. The summed E-state index contributed by atoms with van der Waals surface area (Å²) in [5.41, 5.74) is 2.74. The molecule has 0 aliphatic rings. The highest BCUT2D eigenvalue weighted by Gasteiger charge is 2.05. The molecule has 0 atom stereocenters. The van der Waals surface area contributed by atoms with E-state index < -0.39 is 0 Å². The Labute approximate surface area is 106 Å². The molecule has 0 fully saturated rings. The predicted octanol–water partition coefficient (Wildman–Crippen LogP) is 1.48. The van der Waals surface area contributed by atoms with Crippen molar-refractivity contribution in [2.75, 3.05) is 6.54 Å².